The van der Waals surface area contributed by atoms with Gasteiger partial charge in [-0.25, -0.2) is 0 Å². The Morgan fingerprint density at radius 2 is 0.947 bits per heavy atom. The van der Waals surface area contributed by atoms with Gasteiger partial charge in [-0.15, -0.1) is 0 Å². The number of allylic oxidation sites excluding steroid dienone is 8. The second kappa shape index (κ2) is 44.9. The summed E-state index contributed by atoms with van der Waals surface area (Å²) in [5, 5.41) is 23.6. The first-order valence-electron chi connectivity index (χ1n) is 24.4. The van der Waals surface area contributed by atoms with Crippen molar-refractivity contribution in [1.29, 1.82) is 0 Å². The lowest BCUT2D eigenvalue weighted by atomic mass is 10.0. The quantitative estimate of drug-likeness (QED) is 0.0324. The zero-order valence-electron chi connectivity index (χ0n) is 37.7. The fraction of sp³-hybridized carbons (Fsp3) is 0.804. The van der Waals surface area contributed by atoms with Crippen LogP contribution >= 0.6 is 0 Å². The molecule has 0 spiro atoms. The fourth-order valence-corrected chi connectivity index (χ4v) is 7.20. The van der Waals surface area contributed by atoms with E-state index in [0.717, 1.165) is 83.5 Å². The average molecular weight is 800 g/mol. The maximum Gasteiger partial charge on any atom is 0.306 e. The number of amides is 1. The molecule has 0 saturated carbocycles. The second-order valence-electron chi connectivity index (χ2n) is 16.5. The molecule has 6 nitrogen and oxygen atoms in total. The van der Waals surface area contributed by atoms with Crippen molar-refractivity contribution < 1.29 is 24.5 Å². The van der Waals surface area contributed by atoms with Gasteiger partial charge in [0.15, 0.2) is 0 Å². The molecule has 0 rings (SSSR count). The molecule has 332 valence electrons. The van der Waals surface area contributed by atoms with E-state index in [0.29, 0.717) is 19.3 Å². The van der Waals surface area contributed by atoms with Crippen molar-refractivity contribution in [2.24, 2.45) is 0 Å². The van der Waals surface area contributed by atoms with Gasteiger partial charge in [-0.2, -0.15) is 0 Å². The third-order valence-corrected chi connectivity index (χ3v) is 10.9. The Labute approximate surface area is 353 Å². The number of hydrogen-bond acceptors (Lipinski definition) is 5. The molecule has 0 aliphatic heterocycles. The minimum absolute atomic E-state index is 0.0484. The van der Waals surface area contributed by atoms with Gasteiger partial charge < -0.3 is 20.3 Å². The zero-order chi connectivity index (χ0) is 41.7. The van der Waals surface area contributed by atoms with Gasteiger partial charge in [0.1, 0.15) is 6.10 Å². The maximum absolute atomic E-state index is 13.1. The van der Waals surface area contributed by atoms with Crippen LogP contribution in [-0.4, -0.2) is 46.9 Å². The summed E-state index contributed by atoms with van der Waals surface area (Å²) in [7, 11) is 0. The highest BCUT2D eigenvalue weighted by molar-refractivity contribution is 5.77. The van der Waals surface area contributed by atoms with Crippen molar-refractivity contribution in [2.75, 3.05) is 6.61 Å². The van der Waals surface area contributed by atoms with Gasteiger partial charge in [0.25, 0.3) is 0 Å². The zero-order valence-corrected chi connectivity index (χ0v) is 37.7. The summed E-state index contributed by atoms with van der Waals surface area (Å²) in [6, 6.07) is -0.713. The first-order valence-corrected chi connectivity index (χ1v) is 24.4. The van der Waals surface area contributed by atoms with Crippen molar-refractivity contribution >= 4 is 11.9 Å². The summed E-state index contributed by atoms with van der Waals surface area (Å²) < 4.78 is 5.89. The third kappa shape index (κ3) is 40.4. The van der Waals surface area contributed by atoms with E-state index in [-0.39, 0.29) is 24.9 Å². The summed E-state index contributed by atoms with van der Waals surface area (Å²) in [5.74, 6) is -0.521. The molecule has 0 bridgehead atoms. The molecule has 0 fully saturated rings. The largest absolute Gasteiger partial charge is 0.462 e. The Hall–Kier alpha value is -2.18. The Morgan fingerprint density at radius 1 is 0.526 bits per heavy atom. The number of hydrogen-bond donors (Lipinski definition) is 3. The van der Waals surface area contributed by atoms with Gasteiger partial charge in [-0.1, -0.05) is 191 Å². The monoisotopic (exact) mass is 800 g/mol. The number of rotatable bonds is 43. The van der Waals surface area contributed by atoms with Crippen LogP contribution in [0.3, 0.4) is 0 Å². The molecule has 0 radical (unpaired) electrons. The van der Waals surface area contributed by atoms with Crippen LogP contribution in [-0.2, 0) is 14.3 Å². The molecule has 0 aromatic carbocycles. The molecule has 3 N–H and O–H groups in total. The van der Waals surface area contributed by atoms with Gasteiger partial charge >= 0.3 is 5.97 Å². The Kier molecular flexibility index (Phi) is 43.2. The van der Waals surface area contributed by atoms with Crippen LogP contribution in [0, 0.1) is 0 Å². The normalized spacial score (nSPS) is 13.7. The van der Waals surface area contributed by atoms with E-state index in [1.54, 1.807) is 0 Å². The van der Waals surface area contributed by atoms with E-state index < -0.39 is 18.2 Å². The molecule has 0 aliphatic rings. The topological polar surface area (TPSA) is 95.9 Å². The molecule has 0 aromatic rings. The molecule has 0 saturated heterocycles. The fourth-order valence-electron chi connectivity index (χ4n) is 7.20. The summed E-state index contributed by atoms with van der Waals surface area (Å²) in [6.45, 7) is 6.34. The van der Waals surface area contributed by atoms with E-state index in [9.17, 15) is 19.8 Å². The van der Waals surface area contributed by atoms with E-state index in [2.05, 4.69) is 74.7 Å². The predicted molar refractivity (Wildman–Crippen MR) is 245 cm³/mol. The van der Waals surface area contributed by atoms with E-state index in [4.69, 9.17) is 4.74 Å². The number of unbranched alkanes of at least 4 members (excludes halogenated alkanes) is 23. The minimum atomic E-state index is -0.797. The minimum Gasteiger partial charge on any atom is -0.462 e. The second-order valence-corrected chi connectivity index (χ2v) is 16.5. The van der Waals surface area contributed by atoms with Crippen molar-refractivity contribution in [3.63, 3.8) is 0 Å². The van der Waals surface area contributed by atoms with Crippen LogP contribution < -0.4 is 5.32 Å². The van der Waals surface area contributed by atoms with Gasteiger partial charge in [0.05, 0.1) is 25.2 Å². The first kappa shape index (κ1) is 54.8. The Morgan fingerprint density at radius 3 is 1.47 bits per heavy atom. The molecule has 57 heavy (non-hydrogen) atoms. The smallest absolute Gasteiger partial charge is 0.306 e. The highest BCUT2D eigenvalue weighted by Crippen LogP contribution is 2.17. The lowest BCUT2D eigenvalue weighted by Gasteiger charge is -2.24. The first-order chi connectivity index (χ1) is 28.0. The van der Waals surface area contributed by atoms with Gasteiger partial charge in [0, 0.05) is 6.42 Å². The van der Waals surface area contributed by atoms with Crippen molar-refractivity contribution in [3.8, 4) is 0 Å². The van der Waals surface area contributed by atoms with Crippen molar-refractivity contribution in [2.45, 2.75) is 257 Å². The van der Waals surface area contributed by atoms with Gasteiger partial charge in [-0.3, -0.25) is 9.59 Å². The Bertz CT molecular complexity index is 988. The molecule has 6 heteroatoms. The lowest BCUT2D eigenvalue weighted by Crippen LogP contribution is -2.46. The van der Waals surface area contributed by atoms with Crippen LogP contribution in [0.4, 0.5) is 0 Å². The standard InChI is InChI=1S/C51H93NO5/c1-4-7-10-13-16-19-22-24-25-26-27-29-32-35-38-41-44-51(56)57-47(42-39-36-33-30-28-23-20-17-14-11-8-5-2)45-50(55)52-48(46-53)49(54)43-40-37-34-31-21-18-15-12-9-6-3/h8,11,17,20,25-26,28,30,47-49,53-54H,4-7,9-10,12-16,18-19,21-24,27,29,31-46H2,1-3H3,(H,52,55)/b11-8+,20-17+,26-25+,30-28+. The van der Waals surface area contributed by atoms with Crippen LogP contribution in [0.5, 0.6) is 0 Å². The number of aliphatic hydroxyl groups is 2. The van der Waals surface area contributed by atoms with Gasteiger partial charge in [-0.05, 0) is 83.5 Å². The van der Waals surface area contributed by atoms with E-state index in [1.165, 1.54) is 109 Å². The molecule has 0 heterocycles. The van der Waals surface area contributed by atoms with Crippen molar-refractivity contribution in [1.82, 2.24) is 5.32 Å². The van der Waals surface area contributed by atoms with Crippen LogP contribution in [0.25, 0.3) is 0 Å². The average Bonchev–Trinajstić information content (AvgIpc) is 3.20. The number of ether oxygens (including phenoxy) is 1. The Balaban J connectivity index is 4.62. The molecular weight excluding hydrogens is 707 g/mol. The summed E-state index contributed by atoms with van der Waals surface area (Å²) in [4.78, 5) is 26.0. The molecule has 0 aromatic heterocycles. The maximum atomic E-state index is 13.1. The summed E-state index contributed by atoms with van der Waals surface area (Å²) in [5.41, 5.74) is 0. The highest BCUT2D eigenvalue weighted by Gasteiger charge is 2.24. The summed E-state index contributed by atoms with van der Waals surface area (Å²) in [6.07, 6.45) is 53.2. The third-order valence-electron chi connectivity index (χ3n) is 10.9. The molecule has 3 unspecified atom stereocenters. The number of carbonyl (C=O) groups is 2. The predicted octanol–water partition coefficient (Wildman–Crippen LogP) is 14.3. The molecule has 1 amide bonds. The molecule has 3 atom stereocenters. The number of carbonyl (C=O) groups excluding carboxylic acids is 2. The highest BCUT2D eigenvalue weighted by atomic mass is 16.5. The van der Waals surface area contributed by atoms with E-state index in [1.807, 2.05) is 0 Å². The van der Waals surface area contributed by atoms with E-state index >= 15 is 0 Å². The lowest BCUT2D eigenvalue weighted by molar-refractivity contribution is -0.151. The number of aliphatic hydroxyl groups excluding tert-OH is 2. The molecular formula is C51H93NO5. The summed E-state index contributed by atoms with van der Waals surface area (Å²) >= 11 is 0. The number of nitrogens with one attached hydrogen (secondary N) is 1. The number of esters is 1. The molecule has 0 aliphatic carbocycles. The van der Waals surface area contributed by atoms with Crippen molar-refractivity contribution in [3.05, 3.63) is 48.6 Å². The van der Waals surface area contributed by atoms with Crippen LogP contribution in [0.2, 0.25) is 0 Å². The SMILES string of the molecule is CC/C=C/C/C=C/C/C=C/CCCCC(CC(=O)NC(CO)C(O)CCCCCCCCCCCC)OC(=O)CCCCCCC/C=C/CCCCCCCCC. The van der Waals surface area contributed by atoms with Gasteiger partial charge in [0.2, 0.25) is 5.91 Å². The van der Waals surface area contributed by atoms with Crippen LogP contribution in [0.1, 0.15) is 239 Å². The van der Waals surface area contributed by atoms with Crippen LogP contribution in [0.15, 0.2) is 48.6 Å².